The van der Waals surface area contributed by atoms with Gasteiger partial charge in [0.2, 0.25) is 0 Å². The van der Waals surface area contributed by atoms with Crippen LogP contribution in [0.1, 0.15) is 18.4 Å². The summed E-state index contributed by atoms with van der Waals surface area (Å²) in [6.07, 6.45) is 3.23. The minimum absolute atomic E-state index is 0.197. The molecule has 18 heavy (non-hydrogen) atoms. The maximum Gasteiger partial charge on any atom is 0.160 e. The number of phenolic OH excluding ortho intramolecular Hbond substituents is 1. The van der Waals surface area contributed by atoms with Crippen LogP contribution in [0.25, 0.3) is 0 Å². The summed E-state index contributed by atoms with van der Waals surface area (Å²) in [7, 11) is 1.58. The lowest BCUT2D eigenvalue weighted by Crippen LogP contribution is -2.41. The van der Waals surface area contributed by atoms with E-state index in [2.05, 4.69) is 4.90 Å². The van der Waals surface area contributed by atoms with E-state index in [9.17, 15) is 5.11 Å². The first kappa shape index (κ1) is 11.8. The summed E-state index contributed by atoms with van der Waals surface area (Å²) >= 11 is 0. The zero-order chi connectivity index (χ0) is 12.5. The van der Waals surface area contributed by atoms with Crippen molar-refractivity contribution >= 4 is 0 Å². The first-order valence-electron chi connectivity index (χ1n) is 6.48. The molecular weight excluding hydrogens is 230 g/mol. The van der Waals surface area contributed by atoms with Gasteiger partial charge in [-0.25, -0.2) is 0 Å². The van der Waals surface area contributed by atoms with Crippen LogP contribution >= 0.6 is 0 Å². The highest BCUT2D eigenvalue weighted by atomic mass is 16.5. The molecule has 2 saturated heterocycles. The standard InChI is InChI=1S/C14H19NO3/c1-17-14-6-10(2-5-13(14)16)7-15-8-11-3-4-12(9-15)18-11/h2,5-6,11-12,16H,3-4,7-9H2,1H3. The average Bonchev–Trinajstić information content (AvgIpc) is 2.71. The smallest absolute Gasteiger partial charge is 0.160 e. The molecule has 2 heterocycles. The lowest BCUT2D eigenvalue weighted by molar-refractivity contribution is -0.0410. The maximum atomic E-state index is 9.58. The van der Waals surface area contributed by atoms with Gasteiger partial charge in [-0.05, 0) is 30.5 Å². The van der Waals surface area contributed by atoms with E-state index in [0.717, 1.165) is 19.6 Å². The number of aromatic hydroxyl groups is 1. The third-order valence-corrected chi connectivity index (χ3v) is 3.77. The number of rotatable bonds is 3. The fourth-order valence-corrected chi connectivity index (χ4v) is 2.91. The van der Waals surface area contributed by atoms with E-state index in [1.807, 2.05) is 12.1 Å². The molecular formula is C14H19NO3. The Hall–Kier alpha value is -1.26. The number of benzene rings is 1. The number of fused-ring (bicyclic) bond motifs is 2. The molecule has 0 aliphatic carbocycles. The molecule has 3 rings (SSSR count). The summed E-state index contributed by atoms with van der Waals surface area (Å²) in [5, 5.41) is 9.58. The predicted molar refractivity (Wildman–Crippen MR) is 67.8 cm³/mol. The molecule has 0 amide bonds. The molecule has 1 aromatic carbocycles. The summed E-state index contributed by atoms with van der Waals surface area (Å²) in [6, 6.07) is 5.56. The van der Waals surface area contributed by atoms with Crippen LogP contribution in [0.5, 0.6) is 11.5 Å². The third kappa shape index (κ3) is 2.31. The molecule has 2 bridgehead atoms. The quantitative estimate of drug-likeness (QED) is 0.886. The van der Waals surface area contributed by atoms with Gasteiger partial charge in [-0.2, -0.15) is 0 Å². The number of phenols is 1. The topological polar surface area (TPSA) is 41.9 Å². The predicted octanol–water partition coefficient (Wildman–Crippen LogP) is 1.76. The van der Waals surface area contributed by atoms with Crippen molar-refractivity contribution in [1.82, 2.24) is 4.90 Å². The molecule has 0 spiro atoms. The molecule has 2 aliphatic heterocycles. The Bertz CT molecular complexity index is 423. The van der Waals surface area contributed by atoms with Crippen molar-refractivity contribution in [3.8, 4) is 11.5 Å². The summed E-state index contributed by atoms with van der Waals surface area (Å²) < 4.78 is 11.0. The van der Waals surface area contributed by atoms with Crippen LogP contribution < -0.4 is 4.74 Å². The van der Waals surface area contributed by atoms with Gasteiger partial charge in [0.1, 0.15) is 0 Å². The molecule has 1 N–H and O–H groups in total. The highest BCUT2D eigenvalue weighted by Crippen LogP contribution is 2.29. The Morgan fingerprint density at radius 3 is 2.72 bits per heavy atom. The Morgan fingerprint density at radius 1 is 1.33 bits per heavy atom. The van der Waals surface area contributed by atoms with Crippen molar-refractivity contribution < 1.29 is 14.6 Å². The fraction of sp³-hybridized carbons (Fsp3) is 0.571. The second kappa shape index (κ2) is 4.78. The summed E-state index contributed by atoms with van der Waals surface area (Å²) in [5.74, 6) is 0.743. The van der Waals surface area contributed by atoms with Crippen LogP contribution in [-0.4, -0.2) is 42.4 Å². The van der Waals surface area contributed by atoms with E-state index in [-0.39, 0.29) is 5.75 Å². The third-order valence-electron chi connectivity index (χ3n) is 3.77. The number of likely N-dealkylation sites (tertiary alicyclic amines) is 1. The van der Waals surface area contributed by atoms with Gasteiger partial charge in [0, 0.05) is 19.6 Å². The molecule has 0 aromatic heterocycles. The minimum atomic E-state index is 0.197. The van der Waals surface area contributed by atoms with Gasteiger partial charge >= 0.3 is 0 Å². The van der Waals surface area contributed by atoms with Crippen molar-refractivity contribution in [3.63, 3.8) is 0 Å². The number of morpholine rings is 1. The molecule has 1 aromatic rings. The Kier molecular flexibility index (Phi) is 3.14. The highest BCUT2D eigenvalue weighted by molar-refractivity contribution is 5.41. The van der Waals surface area contributed by atoms with Gasteiger partial charge in [-0.3, -0.25) is 4.90 Å². The Balaban J connectivity index is 1.69. The van der Waals surface area contributed by atoms with Crippen LogP contribution in [0.15, 0.2) is 18.2 Å². The van der Waals surface area contributed by atoms with Crippen LogP contribution in [0, 0.1) is 0 Å². The molecule has 2 unspecified atom stereocenters. The van der Waals surface area contributed by atoms with Crippen LogP contribution in [0.4, 0.5) is 0 Å². The SMILES string of the molecule is COc1cc(CN2CC3CCC(C2)O3)ccc1O. The van der Waals surface area contributed by atoms with E-state index in [0.29, 0.717) is 18.0 Å². The monoisotopic (exact) mass is 249 g/mol. The molecule has 0 saturated carbocycles. The number of methoxy groups -OCH3 is 1. The molecule has 4 nitrogen and oxygen atoms in total. The Labute approximate surface area is 107 Å². The van der Waals surface area contributed by atoms with Crippen LogP contribution in [0.3, 0.4) is 0 Å². The van der Waals surface area contributed by atoms with Crippen molar-refractivity contribution in [3.05, 3.63) is 23.8 Å². The molecule has 98 valence electrons. The lowest BCUT2D eigenvalue weighted by Gasteiger charge is -2.32. The lowest BCUT2D eigenvalue weighted by atomic mass is 10.1. The van der Waals surface area contributed by atoms with Crippen LogP contribution in [0.2, 0.25) is 0 Å². The van der Waals surface area contributed by atoms with Gasteiger partial charge in [-0.1, -0.05) is 6.07 Å². The largest absolute Gasteiger partial charge is 0.504 e. The number of nitrogens with zero attached hydrogens (tertiary/aromatic N) is 1. The van der Waals surface area contributed by atoms with E-state index in [1.54, 1.807) is 13.2 Å². The number of ether oxygens (including phenoxy) is 2. The normalized spacial score (nSPS) is 27.4. The summed E-state index contributed by atoms with van der Waals surface area (Å²) in [4.78, 5) is 2.43. The second-order valence-corrected chi connectivity index (χ2v) is 5.16. The second-order valence-electron chi connectivity index (χ2n) is 5.16. The first-order valence-corrected chi connectivity index (χ1v) is 6.48. The molecule has 2 fully saturated rings. The van der Waals surface area contributed by atoms with Crippen molar-refractivity contribution in [1.29, 1.82) is 0 Å². The summed E-state index contributed by atoms with van der Waals surface area (Å²) in [6.45, 7) is 2.92. The van der Waals surface area contributed by atoms with Crippen LogP contribution in [-0.2, 0) is 11.3 Å². The first-order chi connectivity index (χ1) is 8.74. The number of hydrogen-bond donors (Lipinski definition) is 1. The molecule has 0 radical (unpaired) electrons. The van der Waals surface area contributed by atoms with Gasteiger partial charge in [0.25, 0.3) is 0 Å². The van der Waals surface area contributed by atoms with Crippen molar-refractivity contribution in [2.45, 2.75) is 31.6 Å². The Morgan fingerprint density at radius 2 is 2.06 bits per heavy atom. The van der Waals surface area contributed by atoms with E-state index >= 15 is 0 Å². The molecule has 2 aliphatic rings. The zero-order valence-corrected chi connectivity index (χ0v) is 10.6. The highest BCUT2D eigenvalue weighted by Gasteiger charge is 2.33. The molecule has 4 heteroatoms. The average molecular weight is 249 g/mol. The van der Waals surface area contributed by atoms with Gasteiger partial charge in [0.05, 0.1) is 19.3 Å². The maximum absolute atomic E-state index is 9.58. The van der Waals surface area contributed by atoms with Gasteiger partial charge in [0.15, 0.2) is 11.5 Å². The minimum Gasteiger partial charge on any atom is -0.504 e. The summed E-state index contributed by atoms with van der Waals surface area (Å²) in [5.41, 5.74) is 1.17. The fourth-order valence-electron chi connectivity index (χ4n) is 2.91. The van der Waals surface area contributed by atoms with E-state index in [1.165, 1.54) is 18.4 Å². The molecule has 2 atom stereocenters. The van der Waals surface area contributed by atoms with Crippen molar-refractivity contribution in [2.24, 2.45) is 0 Å². The van der Waals surface area contributed by atoms with Gasteiger partial charge in [-0.15, -0.1) is 0 Å². The van der Waals surface area contributed by atoms with Crippen molar-refractivity contribution in [2.75, 3.05) is 20.2 Å². The number of hydrogen-bond acceptors (Lipinski definition) is 4. The zero-order valence-electron chi connectivity index (χ0n) is 10.6. The van der Waals surface area contributed by atoms with E-state index in [4.69, 9.17) is 9.47 Å². The van der Waals surface area contributed by atoms with E-state index < -0.39 is 0 Å². The van der Waals surface area contributed by atoms with Gasteiger partial charge < -0.3 is 14.6 Å².